The molecule has 0 aliphatic carbocycles. The van der Waals surface area contributed by atoms with Gasteiger partial charge in [0.05, 0.1) is 7.11 Å². The summed E-state index contributed by atoms with van der Waals surface area (Å²) in [6, 6.07) is 13.5. The summed E-state index contributed by atoms with van der Waals surface area (Å²) in [4.78, 5) is 11.1. The molecule has 1 aliphatic heterocycles. The summed E-state index contributed by atoms with van der Waals surface area (Å²) in [5.41, 5.74) is 10.4. The van der Waals surface area contributed by atoms with Gasteiger partial charge in [-0.15, -0.1) is 0 Å². The molecule has 1 aromatic heterocycles. The second-order valence-corrected chi connectivity index (χ2v) is 6.34. The molecular formula is C20H20N6O. The molecule has 4 N–H and O–H groups in total. The van der Waals surface area contributed by atoms with Crippen molar-refractivity contribution >= 4 is 29.4 Å². The van der Waals surface area contributed by atoms with E-state index in [1.54, 1.807) is 25.4 Å². The van der Waals surface area contributed by atoms with Crippen LogP contribution in [0.25, 0.3) is 0 Å². The molecule has 0 saturated carbocycles. The number of benzene rings is 2. The van der Waals surface area contributed by atoms with E-state index in [0.29, 0.717) is 17.2 Å². The summed E-state index contributed by atoms with van der Waals surface area (Å²) in [7, 11) is 1.68. The molecule has 0 bridgehead atoms. The van der Waals surface area contributed by atoms with Crippen LogP contribution in [0, 0.1) is 5.41 Å². The Morgan fingerprint density at radius 3 is 2.81 bits per heavy atom. The van der Waals surface area contributed by atoms with E-state index in [2.05, 4.69) is 32.3 Å². The number of ether oxygens (including phenoxy) is 1. The normalized spacial score (nSPS) is 12.6. The van der Waals surface area contributed by atoms with E-state index in [-0.39, 0.29) is 0 Å². The SMILES string of the molecule is COc1ccc2c(c1)CN(c1ccnc(Nc3ccc(N)c(C=N)c3)n1)C2. The van der Waals surface area contributed by atoms with E-state index in [1.807, 2.05) is 18.2 Å². The van der Waals surface area contributed by atoms with Gasteiger partial charge in [0.15, 0.2) is 0 Å². The highest BCUT2D eigenvalue weighted by molar-refractivity contribution is 5.87. The van der Waals surface area contributed by atoms with Crippen LogP contribution in [0.4, 0.5) is 23.1 Å². The van der Waals surface area contributed by atoms with Crippen LogP contribution in [0.5, 0.6) is 5.75 Å². The fraction of sp³-hybridized carbons (Fsp3) is 0.150. The van der Waals surface area contributed by atoms with Crippen LogP contribution in [-0.2, 0) is 13.1 Å². The van der Waals surface area contributed by atoms with Gasteiger partial charge in [-0.1, -0.05) is 6.07 Å². The zero-order chi connectivity index (χ0) is 18.8. The highest BCUT2D eigenvalue weighted by Gasteiger charge is 2.21. The van der Waals surface area contributed by atoms with E-state index < -0.39 is 0 Å². The number of nitrogens with two attached hydrogens (primary N) is 1. The van der Waals surface area contributed by atoms with Crippen molar-refractivity contribution < 1.29 is 4.74 Å². The third-order valence-corrected chi connectivity index (χ3v) is 4.60. The largest absolute Gasteiger partial charge is 0.497 e. The third kappa shape index (κ3) is 3.39. The Bertz CT molecular complexity index is 1000. The van der Waals surface area contributed by atoms with Gasteiger partial charge in [0.2, 0.25) is 5.95 Å². The Hall–Kier alpha value is -3.61. The Morgan fingerprint density at radius 1 is 1.15 bits per heavy atom. The molecule has 2 aromatic carbocycles. The van der Waals surface area contributed by atoms with Crippen molar-refractivity contribution in [1.29, 1.82) is 5.41 Å². The van der Waals surface area contributed by atoms with Crippen molar-refractivity contribution in [1.82, 2.24) is 9.97 Å². The van der Waals surface area contributed by atoms with E-state index >= 15 is 0 Å². The van der Waals surface area contributed by atoms with Crippen LogP contribution in [0.1, 0.15) is 16.7 Å². The number of hydrogen-bond acceptors (Lipinski definition) is 7. The lowest BCUT2D eigenvalue weighted by molar-refractivity contribution is 0.414. The van der Waals surface area contributed by atoms with Crippen LogP contribution < -0.4 is 20.7 Å². The van der Waals surface area contributed by atoms with Gasteiger partial charge in [0.1, 0.15) is 11.6 Å². The van der Waals surface area contributed by atoms with Crippen molar-refractivity contribution in [2.45, 2.75) is 13.1 Å². The fourth-order valence-electron chi connectivity index (χ4n) is 3.15. The standard InChI is InChI=1S/C20H20N6O/c1-27-17-4-2-13-11-26(12-15(13)9-17)19-6-7-23-20(25-19)24-16-3-5-18(22)14(8-16)10-21/h2-10,21H,11-12,22H2,1H3,(H,23,24,25). The number of anilines is 4. The highest BCUT2D eigenvalue weighted by Crippen LogP contribution is 2.30. The number of methoxy groups -OCH3 is 1. The summed E-state index contributed by atoms with van der Waals surface area (Å²) >= 11 is 0. The number of nitrogens with zero attached hydrogens (tertiary/aromatic N) is 3. The lowest BCUT2D eigenvalue weighted by atomic mass is 10.1. The van der Waals surface area contributed by atoms with Crippen molar-refractivity contribution in [2.24, 2.45) is 0 Å². The van der Waals surface area contributed by atoms with E-state index in [4.69, 9.17) is 15.9 Å². The van der Waals surface area contributed by atoms with E-state index in [1.165, 1.54) is 17.3 Å². The Balaban J connectivity index is 1.54. The first-order valence-electron chi connectivity index (χ1n) is 8.57. The summed E-state index contributed by atoms with van der Waals surface area (Å²) in [6.07, 6.45) is 2.97. The minimum absolute atomic E-state index is 0.502. The van der Waals surface area contributed by atoms with Gasteiger partial charge in [-0.05, 0) is 47.5 Å². The van der Waals surface area contributed by atoms with Crippen molar-refractivity contribution in [2.75, 3.05) is 23.1 Å². The summed E-state index contributed by atoms with van der Waals surface area (Å²) in [5.74, 6) is 2.22. The molecule has 0 atom stereocenters. The first-order chi connectivity index (χ1) is 13.2. The monoisotopic (exact) mass is 360 g/mol. The van der Waals surface area contributed by atoms with Crippen LogP contribution in [0.15, 0.2) is 48.7 Å². The molecule has 0 saturated heterocycles. The van der Waals surface area contributed by atoms with Gasteiger partial charge in [-0.3, -0.25) is 0 Å². The summed E-state index contributed by atoms with van der Waals surface area (Å²) < 4.78 is 5.31. The lowest BCUT2D eigenvalue weighted by Gasteiger charge is -2.17. The Labute approximate surface area is 157 Å². The number of fused-ring (bicyclic) bond motifs is 1. The zero-order valence-electron chi connectivity index (χ0n) is 14.9. The lowest BCUT2D eigenvalue weighted by Crippen LogP contribution is -2.16. The fourth-order valence-corrected chi connectivity index (χ4v) is 3.15. The van der Waals surface area contributed by atoms with Gasteiger partial charge in [-0.2, -0.15) is 4.98 Å². The number of rotatable bonds is 5. The summed E-state index contributed by atoms with van der Waals surface area (Å²) in [5, 5.41) is 10.6. The number of aromatic nitrogens is 2. The summed E-state index contributed by atoms with van der Waals surface area (Å²) in [6.45, 7) is 1.58. The average molecular weight is 360 g/mol. The van der Waals surface area contributed by atoms with Gasteiger partial charge in [0.25, 0.3) is 0 Å². The molecule has 27 heavy (non-hydrogen) atoms. The van der Waals surface area contributed by atoms with Gasteiger partial charge in [0, 0.05) is 42.4 Å². The Morgan fingerprint density at radius 2 is 2.00 bits per heavy atom. The second kappa shape index (κ2) is 6.95. The van der Waals surface area contributed by atoms with Crippen LogP contribution in [0.2, 0.25) is 0 Å². The molecule has 136 valence electrons. The minimum Gasteiger partial charge on any atom is -0.497 e. The molecule has 3 aromatic rings. The van der Waals surface area contributed by atoms with Crippen LogP contribution in [0.3, 0.4) is 0 Å². The number of nitrogens with one attached hydrogen (secondary N) is 2. The topological polar surface area (TPSA) is 100 Å². The molecule has 1 aliphatic rings. The first kappa shape index (κ1) is 16.8. The quantitative estimate of drug-likeness (QED) is 0.477. The maximum absolute atomic E-state index is 7.42. The first-order valence-corrected chi connectivity index (χ1v) is 8.57. The maximum Gasteiger partial charge on any atom is 0.229 e. The predicted octanol–water partition coefficient (Wildman–Crippen LogP) is 3.33. The number of hydrogen-bond donors (Lipinski definition) is 3. The second-order valence-electron chi connectivity index (χ2n) is 6.34. The molecule has 0 unspecified atom stereocenters. The molecule has 0 fully saturated rings. The molecule has 0 amide bonds. The third-order valence-electron chi connectivity index (χ3n) is 4.60. The maximum atomic E-state index is 7.42. The van der Waals surface area contributed by atoms with Crippen molar-refractivity contribution in [3.05, 3.63) is 65.4 Å². The average Bonchev–Trinajstić information content (AvgIpc) is 3.13. The predicted molar refractivity (Wildman–Crippen MR) is 107 cm³/mol. The van der Waals surface area contributed by atoms with Gasteiger partial charge < -0.3 is 26.1 Å². The zero-order valence-corrected chi connectivity index (χ0v) is 14.9. The Kier molecular flexibility index (Phi) is 4.33. The van der Waals surface area contributed by atoms with Crippen LogP contribution >= 0.6 is 0 Å². The molecule has 2 heterocycles. The molecule has 4 rings (SSSR count). The minimum atomic E-state index is 0.502. The van der Waals surface area contributed by atoms with Crippen molar-refractivity contribution in [3.63, 3.8) is 0 Å². The van der Waals surface area contributed by atoms with Gasteiger partial charge in [-0.25, -0.2) is 4.98 Å². The smallest absolute Gasteiger partial charge is 0.229 e. The highest BCUT2D eigenvalue weighted by atomic mass is 16.5. The van der Waals surface area contributed by atoms with E-state index in [9.17, 15) is 0 Å². The van der Waals surface area contributed by atoms with Crippen molar-refractivity contribution in [3.8, 4) is 5.75 Å². The molecule has 7 nitrogen and oxygen atoms in total. The van der Waals surface area contributed by atoms with Crippen LogP contribution in [-0.4, -0.2) is 23.3 Å². The van der Waals surface area contributed by atoms with E-state index in [0.717, 1.165) is 30.3 Å². The van der Waals surface area contributed by atoms with Gasteiger partial charge >= 0.3 is 0 Å². The number of nitrogen functional groups attached to an aromatic ring is 1. The molecular weight excluding hydrogens is 340 g/mol. The molecule has 7 heteroatoms. The molecule has 0 radical (unpaired) electrons. The molecule has 0 spiro atoms.